The molecular formula is C7H5NOS. The second-order valence-corrected chi connectivity index (χ2v) is 3.09. The standard InChI is InChI=1S/C7H5NOS/c9-7-5-2-4-10-6(5)1-3-8-7/h1-5H. The van der Waals surface area contributed by atoms with Gasteiger partial charge in [-0.1, -0.05) is 6.08 Å². The molecule has 0 spiro atoms. The highest BCUT2D eigenvalue weighted by atomic mass is 32.2. The van der Waals surface area contributed by atoms with Crippen molar-refractivity contribution in [3.8, 4) is 0 Å². The van der Waals surface area contributed by atoms with Gasteiger partial charge in [0.2, 0.25) is 0 Å². The molecule has 0 aliphatic carbocycles. The predicted molar refractivity (Wildman–Crippen MR) is 41.8 cm³/mol. The second-order valence-electron chi connectivity index (χ2n) is 2.11. The van der Waals surface area contributed by atoms with Crippen molar-refractivity contribution in [3.63, 3.8) is 0 Å². The van der Waals surface area contributed by atoms with Crippen LogP contribution in [0.1, 0.15) is 0 Å². The lowest BCUT2D eigenvalue weighted by Crippen LogP contribution is -2.11. The molecule has 0 aromatic carbocycles. The Morgan fingerprint density at radius 1 is 1.60 bits per heavy atom. The van der Waals surface area contributed by atoms with E-state index in [2.05, 4.69) is 4.99 Å². The molecule has 1 atom stereocenters. The quantitative estimate of drug-likeness (QED) is 0.523. The lowest BCUT2D eigenvalue weighted by Gasteiger charge is -2.07. The fraction of sp³-hybridized carbons (Fsp3) is 0.143. The van der Waals surface area contributed by atoms with Crippen LogP contribution in [0.3, 0.4) is 0 Å². The first-order chi connectivity index (χ1) is 4.88. The SMILES string of the molecule is O=C1N=CC=C2SC=CC12. The molecule has 0 saturated carbocycles. The van der Waals surface area contributed by atoms with E-state index in [1.165, 1.54) is 0 Å². The Morgan fingerprint density at radius 3 is 3.30 bits per heavy atom. The molecule has 1 amide bonds. The number of carbonyl (C=O) groups excluding carboxylic acids is 1. The molecule has 0 aromatic heterocycles. The third-order valence-electron chi connectivity index (χ3n) is 1.49. The zero-order chi connectivity index (χ0) is 6.97. The maximum Gasteiger partial charge on any atom is 0.257 e. The van der Waals surface area contributed by atoms with Crippen molar-refractivity contribution in [3.05, 3.63) is 22.5 Å². The molecule has 0 bridgehead atoms. The van der Waals surface area contributed by atoms with Crippen molar-refractivity contribution < 1.29 is 4.79 Å². The Bertz CT molecular complexity index is 265. The molecule has 2 aliphatic heterocycles. The van der Waals surface area contributed by atoms with Crippen LogP contribution in [0.15, 0.2) is 27.5 Å². The summed E-state index contributed by atoms with van der Waals surface area (Å²) < 4.78 is 0. The highest BCUT2D eigenvalue weighted by Gasteiger charge is 2.24. The minimum atomic E-state index is -0.0602. The van der Waals surface area contributed by atoms with Crippen molar-refractivity contribution in [1.82, 2.24) is 0 Å². The van der Waals surface area contributed by atoms with E-state index in [0.29, 0.717) is 0 Å². The smallest absolute Gasteiger partial charge is 0.257 e. The van der Waals surface area contributed by atoms with Crippen molar-refractivity contribution in [2.24, 2.45) is 10.9 Å². The van der Waals surface area contributed by atoms with Gasteiger partial charge in [-0.15, -0.1) is 11.8 Å². The third kappa shape index (κ3) is 0.743. The number of thioether (sulfide) groups is 1. The molecule has 50 valence electrons. The van der Waals surface area contributed by atoms with Crippen molar-refractivity contribution in [1.29, 1.82) is 0 Å². The Kier molecular flexibility index (Phi) is 1.24. The highest BCUT2D eigenvalue weighted by molar-refractivity contribution is 8.06. The summed E-state index contributed by atoms with van der Waals surface area (Å²) in [6.45, 7) is 0. The lowest BCUT2D eigenvalue weighted by molar-refractivity contribution is -0.119. The summed E-state index contributed by atoms with van der Waals surface area (Å²) in [5, 5.41) is 1.93. The van der Waals surface area contributed by atoms with E-state index >= 15 is 0 Å². The number of dihydropyridines is 1. The van der Waals surface area contributed by atoms with Crippen LogP contribution in [0, 0.1) is 5.92 Å². The largest absolute Gasteiger partial charge is 0.272 e. The molecule has 10 heavy (non-hydrogen) atoms. The normalized spacial score (nSPS) is 28.6. The van der Waals surface area contributed by atoms with Crippen LogP contribution in [0.25, 0.3) is 0 Å². The van der Waals surface area contributed by atoms with E-state index in [1.807, 2.05) is 17.6 Å². The summed E-state index contributed by atoms with van der Waals surface area (Å²) in [5.74, 6) is -0.103. The van der Waals surface area contributed by atoms with Crippen molar-refractivity contribution in [2.45, 2.75) is 0 Å². The van der Waals surface area contributed by atoms with E-state index in [9.17, 15) is 4.79 Å². The average molecular weight is 151 g/mol. The highest BCUT2D eigenvalue weighted by Crippen LogP contribution is 2.35. The summed E-state index contributed by atoms with van der Waals surface area (Å²) >= 11 is 1.60. The van der Waals surface area contributed by atoms with E-state index in [-0.39, 0.29) is 11.8 Å². The monoisotopic (exact) mass is 151 g/mol. The van der Waals surface area contributed by atoms with E-state index in [4.69, 9.17) is 0 Å². The summed E-state index contributed by atoms with van der Waals surface area (Å²) in [4.78, 5) is 15.7. The third-order valence-corrected chi connectivity index (χ3v) is 2.44. The number of hydrogen-bond donors (Lipinski definition) is 0. The Labute approximate surface area is 62.7 Å². The van der Waals surface area contributed by atoms with Gasteiger partial charge in [-0.2, -0.15) is 0 Å². The van der Waals surface area contributed by atoms with E-state index in [0.717, 1.165) is 4.91 Å². The van der Waals surface area contributed by atoms with Crippen LogP contribution in [0.4, 0.5) is 0 Å². The van der Waals surface area contributed by atoms with Gasteiger partial charge in [0.05, 0.1) is 5.92 Å². The molecule has 0 fully saturated rings. The fourth-order valence-corrected chi connectivity index (χ4v) is 1.83. The summed E-state index contributed by atoms with van der Waals surface area (Å²) in [5.41, 5.74) is 0. The maximum atomic E-state index is 11.0. The number of nitrogens with zero attached hydrogens (tertiary/aromatic N) is 1. The van der Waals surface area contributed by atoms with Gasteiger partial charge < -0.3 is 0 Å². The maximum absolute atomic E-state index is 11.0. The van der Waals surface area contributed by atoms with Crippen LogP contribution in [-0.2, 0) is 4.79 Å². The van der Waals surface area contributed by atoms with Gasteiger partial charge in [0, 0.05) is 11.1 Å². The molecule has 0 N–H and O–H groups in total. The molecule has 2 nitrogen and oxygen atoms in total. The Hall–Kier alpha value is -0.830. The number of allylic oxidation sites excluding steroid dienone is 1. The molecule has 3 heteroatoms. The van der Waals surface area contributed by atoms with E-state index in [1.54, 1.807) is 18.0 Å². The van der Waals surface area contributed by atoms with Gasteiger partial charge in [0.1, 0.15) is 0 Å². The number of carbonyl (C=O) groups is 1. The molecular weight excluding hydrogens is 146 g/mol. The summed E-state index contributed by atoms with van der Waals surface area (Å²) in [7, 11) is 0. The van der Waals surface area contributed by atoms with Crippen LogP contribution < -0.4 is 0 Å². The van der Waals surface area contributed by atoms with Gasteiger partial charge in [-0.05, 0) is 11.5 Å². The first-order valence-electron chi connectivity index (χ1n) is 2.99. The molecule has 0 saturated heterocycles. The second kappa shape index (κ2) is 2.09. The first kappa shape index (κ1) is 5.92. The number of hydrogen-bond acceptors (Lipinski definition) is 2. The topological polar surface area (TPSA) is 29.4 Å². The van der Waals surface area contributed by atoms with Crippen LogP contribution in [0.2, 0.25) is 0 Å². The first-order valence-corrected chi connectivity index (χ1v) is 3.87. The van der Waals surface area contributed by atoms with Crippen LogP contribution in [-0.4, -0.2) is 12.1 Å². The molecule has 0 radical (unpaired) electrons. The minimum Gasteiger partial charge on any atom is -0.272 e. The zero-order valence-electron chi connectivity index (χ0n) is 5.15. The molecule has 2 rings (SSSR count). The molecule has 0 aromatic rings. The molecule has 1 unspecified atom stereocenters. The van der Waals surface area contributed by atoms with Gasteiger partial charge in [-0.3, -0.25) is 4.79 Å². The average Bonchev–Trinajstić information content (AvgIpc) is 2.36. The van der Waals surface area contributed by atoms with Crippen LogP contribution >= 0.6 is 11.8 Å². The number of amides is 1. The molecule has 2 heterocycles. The van der Waals surface area contributed by atoms with E-state index < -0.39 is 0 Å². The van der Waals surface area contributed by atoms with Gasteiger partial charge >= 0.3 is 0 Å². The number of rotatable bonds is 0. The number of fused-ring (bicyclic) bond motifs is 1. The summed E-state index contributed by atoms with van der Waals surface area (Å²) in [6.07, 6.45) is 5.33. The van der Waals surface area contributed by atoms with Gasteiger partial charge in [0.25, 0.3) is 5.91 Å². The van der Waals surface area contributed by atoms with Gasteiger partial charge in [0.15, 0.2) is 0 Å². The van der Waals surface area contributed by atoms with Gasteiger partial charge in [-0.25, -0.2) is 4.99 Å². The Balaban J connectivity index is 2.40. The van der Waals surface area contributed by atoms with Crippen molar-refractivity contribution >= 4 is 23.9 Å². The summed E-state index contributed by atoms with van der Waals surface area (Å²) in [6, 6.07) is 0. The Morgan fingerprint density at radius 2 is 2.50 bits per heavy atom. The lowest BCUT2D eigenvalue weighted by atomic mass is 10.1. The fourth-order valence-electron chi connectivity index (χ4n) is 0.976. The van der Waals surface area contributed by atoms with Crippen LogP contribution in [0.5, 0.6) is 0 Å². The number of aliphatic imine (C=N–C) groups is 1. The predicted octanol–water partition coefficient (Wildman–Crippen LogP) is 1.36. The molecule has 2 aliphatic rings. The van der Waals surface area contributed by atoms with Crippen molar-refractivity contribution in [2.75, 3.05) is 0 Å². The zero-order valence-corrected chi connectivity index (χ0v) is 5.97. The minimum absolute atomic E-state index is 0.0428.